The van der Waals surface area contributed by atoms with Crippen LogP contribution in [0.5, 0.6) is 0 Å². The summed E-state index contributed by atoms with van der Waals surface area (Å²) in [4.78, 5) is 37.8. The van der Waals surface area contributed by atoms with Gasteiger partial charge in [-0.15, -0.1) is 0 Å². The van der Waals surface area contributed by atoms with Crippen LogP contribution in [0.1, 0.15) is 316 Å². The highest BCUT2D eigenvalue weighted by molar-refractivity contribution is 5.71. The van der Waals surface area contributed by atoms with Crippen molar-refractivity contribution in [1.29, 1.82) is 0 Å². The predicted octanol–water partition coefficient (Wildman–Crippen LogP) is 18.5. The lowest BCUT2D eigenvalue weighted by molar-refractivity contribution is -0.167. The van der Waals surface area contributed by atoms with Crippen LogP contribution in [0, 0.1) is 0 Å². The molecule has 6 heteroatoms. The third kappa shape index (κ3) is 51.0. The molecule has 0 bridgehead atoms. The van der Waals surface area contributed by atoms with Gasteiger partial charge in [0.05, 0.1) is 0 Å². The minimum atomic E-state index is -0.766. The van der Waals surface area contributed by atoms with Gasteiger partial charge in [0.1, 0.15) is 13.2 Å². The van der Waals surface area contributed by atoms with Crippen molar-refractivity contribution in [2.75, 3.05) is 13.2 Å². The standard InChI is InChI=1S/C57H108O6/c1-4-7-10-13-16-18-20-22-24-25-26-27-28-29-30-31-32-33-34-36-37-39-41-44-47-50-56(59)62-53-54(52-61-55(58)49-46-43-15-12-9-6-3)63-57(60)51-48-45-42-40-38-35-23-21-19-17-14-11-8-5-2/h21,23,54H,4-20,22,24-53H2,1-3H3/b23-21-. The fraction of sp³-hybridized carbons (Fsp3) is 0.912. The zero-order valence-corrected chi connectivity index (χ0v) is 42.6. The molecule has 372 valence electrons. The largest absolute Gasteiger partial charge is 0.462 e. The molecule has 0 radical (unpaired) electrons. The fourth-order valence-electron chi connectivity index (χ4n) is 8.50. The van der Waals surface area contributed by atoms with Crippen LogP contribution in [0.15, 0.2) is 12.2 Å². The number of ether oxygens (including phenoxy) is 3. The predicted molar refractivity (Wildman–Crippen MR) is 270 cm³/mol. The second kappa shape index (κ2) is 52.8. The lowest BCUT2D eigenvalue weighted by atomic mass is 10.0. The molecule has 0 N–H and O–H groups in total. The number of unbranched alkanes of at least 4 members (excludes halogenated alkanes) is 39. The zero-order valence-electron chi connectivity index (χ0n) is 42.6. The molecule has 0 aromatic heterocycles. The number of esters is 3. The lowest BCUT2D eigenvalue weighted by Crippen LogP contribution is -2.30. The fourth-order valence-corrected chi connectivity index (χ4v) is 8.50. The summed E-state index contributed by atoms with van der Waals surface area (Å²) in [7, 11) is 0. The maximum Gasteiger partial charge on any atom is 0.306 e. The van der Waals surface area contributed by atoms with Crippen LogP contribution in [-0.2, 0) is 28.6 Å². The van der Waals surface area contributed by atoms with E-state index >= 15 is 0 Å². The molecule has 0 aromatic carbocycles. The minimum absolute atomic E-state index is 0.0689. The van der Waals surface area contributed by atoms with E-state index < -0.39 is 6.10 Å². The van der Waals surface area contributed by atoms with Gasteiger partial charge >= 0.3 is 17.9 Å². The molecule has 1 unspecified atom stereocenters. The number of hydrogen-bond acceptors (Lipinski definition) is 6. The summed E-state index contributed by atoms with van der Waals surface area (Å²) in [5, 5.41) is 0. The van der Waals surface area contributed by atoms with Crippen molar-refractivity contribution in [3.8, 4) is 0 Å². The van der Waals surface area contributed by atoms with Crippen molar-refractivity contribution in [2.45, 2.75) is 322 Å². The Morgan fingerprint density at radius 1 is 0.302 bits per heavy atom. The van der Waals surface area contributed by atoms with Crippen molar-refractivity contribution >= 4 is 17.9 Å². The van der Waals surface area contributed by atoms with Crippen molar-refractivity contribution in [3.05, 3.63) is 12.2 Å². The molecule has 63 heavy (non-hydrogen) atoms. The average Bonchev–Trinajstić information content (AvgIpc) is 3.28. The number of carbonyl (C=O) groups excluding carboxylic acids is 3. The number of allylic oxidation sites excluding steroid dienone is 2. The van der Waals surface area contributed by atoms with Crippen molar-refractivity contribution in [3.63, 3.8) is 0 Å². The van der Waals surface area contributed by atoms with Crippen LogP contribution in [0.3, 0.4) is 0 Å². The number of rotatable bonds is 52. The van der Waals surface area contributed by atoms with Crippen molar-refractivity contribution < 1.29 is 28.6 Å². The maximum absolute atomic E-state index is 12.7. The van der Waals surface area contributed by atoms with E-state index in [-0.39, 0.29) is 31.1 Å². The molecule has 0 saturated heterocycles. The first-order valence-electron chi connectivity index (χ1n) is 28.2. The molecule has 0 aromatic rings. The Morgan fingerprint density at radius 2 is 0.524 bits per heavy atom. The Hall–Kier alpha value is -1.85. The normalized spacial score (nSPS) is 12.0. The molecule has 0 aliphatic carbocycles. The summed E-state index contributed by atoms with van der Waals surface area (Å²) < 4.78 is 16.7. The summed E-state index contributed by atoms with van der Waals surface area (Å²) in [5.74, 6) is -0.870. The molecule has 0 rings (SSSR count). The van der Waals surface area contributed by atoms with E-state index in [4.69, 9.17) is 14.2 Å². The van der Waals surface area contributed by atoms with Gasteiger partial charge < -0.3 is 14.2 Å². The molecule has 0 spiro atoms. The highest BCUT2D eigenvalue weighted by atomic mass is 16.6. The quantitative estimate of drug-likeness (QED) is 0.0262. The molecular formula is C57H108O6. The first-order chi connectivity index (χ1) is 31.0. The zero-order chi connectivity index (χ0) is 45.8. The van der Waals surface area contributed by atoms with Gasteiger partial charge in [0.25, 0.3) is 0 Å². The first kappa shape index (κ1) is 61.1. The van der Waals surface area contributed by atoms with Gasteiger partial charge in [0, 0.05) is 19.3 Å². The molecule has 0 fully saturated rings. The summed E-state index contributed by atoms with van der Waals surface area (Å²) in [6.07, 6.45) is 59.6. The van der Waals surface area contributed by atoms with Crippen LogP contribution in [0.25, 0.3) is 0 Å². The molecular weight excluding hydrogens is 781 g/mol. The summed E-state index contributed by atoms with van der Waals surface area (Å²) in [5.41, 5.74) is 0. The monoisotopic (exact) mass is 889 g/mol. The summed E-state index contributed by atoms with van der Waals surface area (Å²) >= 11 is 0. The van der Waals surface area contributed by atoms with Gasteiger partial charge in [0.15, 0.2) is 6.10 Å². The second-order valence-electron chi connectivity index (χ2n) is 19.2. The van der Waals surface area contributed by atoms with Gasteiger partial charge in [-0.1, -0.05) is 264 Å². The van der Waals surface area contributed by atoms with E-state index in [1.54, 1.807) is 0 Å². The first-order valence-corrected chi connectivity index (χ1v) is 28.2. The Morgan fingerprint density at radius 3 is 0.794 bits per heavy atom. The molecule has 6 nitrogen and oxygen atoms in total. The van der Waals surface area contributed by atoms with Crippen LogP contribution < -0.4 is 0 Å². The molecule has 0 aliphatic heterocycles. The van der Waals surface area contributed by atoms with Crippen LogP contribution in [0.2, 0.25) is 0 Å². The van der Waals surface area contributed by atoms with Gasteiger partial charge in [-0.25, -0.2) is 0 Å². The Labute approximate surface area is 392 Å². The van der Waals surface area contributed by atoms with E-state index in [1.807, 2.05) is 0 Å². The lowest BCUT2D eigenvalue weighted by Gasteiger charge is -2.18. The van der Waals surface area contributed by atoms with Crippen molar-refractivity contribution in [2.24, 2.45) is 0 Å². The van der Waals surface area contributed by atoms with E-state index in [0.29, 0.717) is 19.3 Å². The maximum atomic E-state index is 12.7. The molecule has 0 aliphatic rings. The highest BCUT2D eigenvalue weighted by Crippen LogP contribution is 2.17. The Bertz CT molecular complexity index is 978. The summed E-state index contributed by atoms with van der Waals surface area (Å²) in [6.45, 7) is 6.61. The smallest absolute Gasteiger partial charge is 0.306 e. The van der Waals surface area contributed by atoms with E-state index in [9.17, 15) is 14.4 Å². The van der Waals surface area contributed by atoms with Crippen molar-refractivity contribution in [1.82, 2.24) is 0 Å². The SMILES string of the molecule is CCCCCCC/C=C\CCCCCCCC(=O)OC(COC(=O)CCCCCCCC)COC(=O)CCCCCCCCCCCCCCCCCCCCCCCCCCC. The number of carbonyl (C=O) groups is 3. The average molecular weight is 889 g/mol. The molecule has 1 atom stereocenters. The molecule has 0 amide bonds. The van der Waals surface area contributed by atoms with Gasteiger partial charge in [0.2, 0.25) is 0 Å². The Kier molecular flexibility index (Phi) is 51.2. The molecule has 0 saturated carbocycles. The van der Waals surface area contributed by atoms with E-state index in [2.05, 4.69) is 32.9 Å². The van der Waals surface area contributed by atoms with Crippen LogP contribution >= 0.6 is 0 Å². The second-order valence-corrected chi connectivity index (χ2v) is 19.2. The van der Waals surface area contributed by atoms with Gasteiger partial charge in [-0.05, 0) is 44.9 Å². The van der Waals surface area contributed by atoms with E-state index in [0.717, 1.165) is 64.2 Å². The number of hydrogen-bond donors (Lipinski definition) is 0. The van der Waals surface area contributed by atoms with Crippen LogP contribution in [-0.4, -0.2) is 37.2 Å². The van der Waals surface area contributed by atoms with E-state index in [1.165, 1.54) is 212 Å². The Balaban J connectivity index is 4.03. The third-order valence-corrected chi connectivity index (χ3v) is 12.8. The topological polar surface area (TPSA) is 78.9 Å². The molecule has 0 heterocycles. The van der Waals surface area contributed by atoms with Gasteiger partial charge in [-0.2, -0.15) is 0 Å². The van der Waals surface area contributed by atoms with Crippen LogP contribution in [0.4, 0.5) is 0 Å². The van der Waals surface area contributed by atoms with Gasteiger partial charge in [-0.3, -0.25) is 14.4 Å². The minimum Gasteiger partial charge on any atom is -0.462 e. The highest BCUT2D eigenvalue weighted by Gasteiger charge is 2.19. The summed E-state index contributed by atoms with van der Waals surface area (Å²) in [6, 6.07) is 0. The third-order valence-electron chi connectivity index (χ3n) is 12.8.